The van der Waals surface area contributed by atoms with Gasteiger partial charge in [0.2, 0.25) is 5.91 Å². The van der Waals surface area contributed by atoms with E-state index in [2.05, 4.69) is 10.6 Å². The number of methoxy groups -OCH3 is 1. The van der Waals surface area contributed by atoms with Gasteiger partial charge in [-0.1, -0.05) is 42.5 Å². The van der Waals surface area contributed by atoms with Crippen molar-refractivity contribution in [3.63, 3.8) is 0 Å². The van der Waals surface area contributed by atoms with E-state index < -0.39 is 29.7 Å². The lowest BCUT2D eigenvalue weighted by molar-refractivity contribution is -0.130. The molecular formula is C30H36N4O5. The first kappa shape index (κ1) is 27.8. The molecule has 0 aromatic heterocycles. The van der Waals surface area contributed by atoms with Gasteiger partial charge in [-0.2, -0.15) is 0 Å². The number of hydrogen-bond acceptors (Lipinski definition) is 6. The Morgan fingerprint density at radius 3 is 2.51 bits per heavy atom. The molecule has 0 radical (unpaired) electrons. The van der Waals surface area contributed by atoms with Crippen molar-refractivity contribution in [2.75, 3.05) is 30.9 Å². The number of carbonyl (C=O) groups is 3. The lowest BCUT2D eigenvalue weighted by Gasteiger charge is -2.30. The van der Waals surface area contributed by atoms with Gasteiger partial charge in [0.15, 0.2) is 0 Å². The molecule has 0 fully saturated rings. The first-order valence-corrected chi connectivity index (χ1v) is 12.9. The highest BCUT2D eigenvalue weighted by molar-refractivity contribution is 6.04. The van der Waals surface area contributed by atoms with Crippen molar-refractivity contribution in [1.82, 2.24) is 10.2 Å². The van der Waals surface area contributed by atoms with E-state index in [0.29, 0.717) is 11.4 Å². The molecule has 1 aliphatic rings. The summed E-state index contributed by atoms with van der Waals surface area (Å²) in [5.41, 5.74) is 1.65. The van der Waals surface area contributed by atoms with Crippen LogP contribution in [-0.2, 0) is 20.9 Å². The van der Waals surface area contributed by atoms with Gasteiger partial charge in [0.1, 0.15) is 23.4 Å². The van der Waals surface area contributed by atoms with Gasteiger partial charge in [-0.15, -0.1) is 0 Å². The predicted octanol–water partition coefficient (Wildman–Crippen LogP) is 4.55. The molecule has 3 amide bonds. The van der Waals surface area contributed by atoms with Crippen molar-refractivity contribution in [1.29, 1.82) is 0 Å². The van der Waals surface area contributed by atoms with Gasteiger partial charge >= 0.3 is 6.09 Å². The number of carbonyl (C=O) groups excluding carboxylic acids is 3. The zero-order chi connectivity index (χ0) is 28.3. The minimum atomic E-state index is -0.875. The number of amides is 3. The van der Waals surface area contributed by atoms with E-state index in [1.807, 2.05) is 60.7 Å². The molecule has 0 bridgehead atoms. The van der Waals surface area contributed by atoms with Crippen molar-refractivity contribution in [3.05, 3.63) is 66.2 Å². The van der Waals surface area contributed by atoms with Crippen LogP contribution in [0.25, 0.3) is 10.8 Å². The van der Waals surface area contributed by atoms with Crippen LogP contribution in [0.15, 0.2) is 60.7 Å². The number of rotatable bonds is 6. The highest BCUT2D eigenvalue weighted by atomic mass is 16.6. The van der Waals surface area contributed by atoms with Crippen LogP contribution in [0, 0.1) is 0 Å². The van der Waals surface area contributed by atoms with Gasteiger partial charge in [0.25, 0.3) is 5.91 Å². The smallest absolute Gasteiger partial charge is 0.410 e. The maximum atomic E-state index is 14.0. The van der Waals surface area contributed by atoms with Crippen LogP contribution in [0.1, 0.15) is 33.3 Å². The topological polar surface area (TPSA) is 100 Å². The molecule has 0 spiro atoms. The Bertz CT molecular complexity index is 1380. The van der Waals surface area contributed by atoms with Crippen LogP contribution in [-0.4, -0.2) is 61.2 Å². The summed E-state index contributed by atoms with van der Waals surface area (Å²) in [5, 5.41) is 8.16. The number of nitrogens with zero attached hydrogens (tertiary/aromatic N) is 2. The molecule has 0 saturated heterocycles. The Kier molecular flexibility index (Phi) is 7.99. The summed E-state index contributed by atoms with van der Waals surface area (Å²) in [6, 6.07) is 17.6. The van der Waals surface area contributed by atoms with Crippen molar-refractivity contribution in [2.24, 2.45) is 0 Å². The maximum Gasteiger partial charge on any atom is 0.410 e. The minimum absolute atomic E-state index is 0.188. The molecule has 2 N–H and O–H groups in total. The Labute approximate surface area is 229 Å². The molecule has 3 aromatic rings. The Morgan fingerprint density at radius 1 is 1.10 bits per heavy atom. The fraction of sp³-hybridized carbons (Fsp3) is 0.367. The number of fused-ring (bicyclic) bond motifs is 2. The maximum absolute atomic E-state index is 14.0. The normalized spacial score (nSPS) is 16.0. The molecule has 2 atom stereocenters. The van der Waals surface area contributed by atoms with E-state index in [0.717, 1.165) is 22.0 Å². The van der Waals surface area contributed by atoms with Gasteiger partial charge in [-0.3, -0.25) is 14.5 Å². The van der Waals surface area contributed by atoms with Crippen molar-refractivity contribution >= 4 is 40.1 Å². The third-order valence-electron chi connectivity index (χ3n) is 6.75. The van der Waals surface area contributed by atoms with Crippen LogP contribution in [0.4, 0.5) is 16.2 Å². The average molecular weight is 533 g/mol. The van der Waals surface area contributed by atoms with Crippen LogP contribution >= 0.6 is 0 Å². The van der Waals surface area contributed by atoms with Crippen molar-refractivity contribution < 1.29 is 23.9 Å². The third kappa shape index (κ3) is 6.08. The summed E-state index contributed by atoms with van der Waals surface area (Å²) in [7, 11) is 3.11. The van der Waals surface area contributed by atoms with Gasteiger partial charge in [-0.25, -0.2) is 4.79 Å². The lowest BCUT2D eigenvalue weighted by atomic mass is 10.0. The second kappa shape index (κ2) is 11.2. The standard InChI is InChI=1S/C30H36N4O5/c1-19(33(5)29(37)39-30(2,3)4)27(35)32-24-17-31-23-13-9-10-14-25(23)34(28(24)36)18-22-21-12-8-7-11-20(21)15-16-26(22)38-6/h7-16,19,24,31H,17-18H2,1-6H3,(H,32,35). The van der Waals surface area contributed by atoms with Gasteiger partial charge in [0, 0.05) is 19.2 Å². The van der Waals surface area contributed by atoms with Gasteiger partial charge < -0.3 is 25.0 Å². The molecule has 9 heteroatoms. The molecule has 4 rings (SSSR count). The first-order valence-electron chi connectivity index (χ1n) is 12.9. The Hall–Kier alpha value is -4.27. The van der Waals surface area contributed by atoms with Crippen LogP contribution < -0.4 is 20.3 Å². The molecule has 3 aromatic carbocycles. The largest absolute Gasteiger partial charge is 0.496 e. The molecule has 0 aliphatic carbocycles. The van der Waals surface area contributed by atoms with Crippen molar-refractivity contribution in [2.45, 2.75) is 51.9 Å². The van der Waals surface area contributed by atoms with Crippen LogP contribution in [0.5, 0.6) is 5.75 Å². The summed E-state index contributed by atoms with van der Waals surface area (Å²) in [6.45, 7) is 7.31. The number of nitrogens with one attached hydrogen (secondary N) is 2. The zero-order valence-electron chi connectivity index (χ0n) is 23.3. The third-order valence-corrected chi connectivity index (χ3v) is 6.75. The Morgan fingerprint density at radius 2 is 1.79 bits per heavy atom. The summed E-state index contributed by atoms with van der Waals surface area (Å²) in [6.07, 6.45) is -0.618. The number of benzene rings is 3. The van der Waals surface area contributed by atoms with E-state index in [-0.39, 0.29) is 19.0 Å². The summed E-state index contributed by atoms with van der Waals surface area (Å²) < 4.78 is 11.1. The second-order valence-corrected chi connectivity index (χ2v) is 10.6. The Balaban J connectivity index is 1.63. The summed E-state index contributed by atoms with van der Waals surface area (Å²) in [5.74, 6) is -0.0653. The molecular weight excluding hydrogens is 496 g/mol. The highest BCUT2D eigenvalue weighted by Crippen LogP contribution is 2.34. The van der Waals surface area contributed by atoms with E-state index in [4.69, 9.17) is 9.47 Å². The SMILES string of the molecule is COc1ccc2ccccc2c1CN1C(=O)C(NC(=O)C(C)N(C)C(=O)OC(C)(C)C)CNc2ccccc21. The molecule has 206 valence electrons. The van der Waals surface area contributed by atoms with Crippen LogP contribution in [0.3, 0.4) is 0 Å². The monoisotopic (exact) mass is 532 g/mol. The van der Waals surface area contributed by atoms with Crippen LogP contribution in [0.2, 0.25) is 0 Å². The van der Waals surface area contributed by atoms with E-state index in [9.17, 15) is 14.4 Å². The number of ether oxygens (including phenoxy) is 2. The van der Waals surface area contributed by atoms with E-state index >= 15 is 0 Å². The number of hydrogen-bond donors (Lipinski definition) is 2. The highest BCUT2D eigenvalue weighted by Gasteiger charge is 2.35. The van der Waals surface area contributed by atoms with Crippen molar-refractivity contribution in [3.8, 4) is 5.75 Å². The lowest BCUT2D eigenvalue weighted by Crippen LogP contribution is -2.55. The fourth-order valence-electron chi connectivity index (χ4n) is 4.53. The van der Waals surface area contributed by atoms with E-state index in [1.54, 1.807) is 39.7 Å². The minimum Gasteiger partial charge on any atom is -0.496 e. The van der Waals surface area contributed by atoms with Gasteiger partial charge in [0.05, 0.1) is 25.0 Å². The molecule has 0 saturated carbocycles. The molecule has 1 aliphatic heterocycles. The molecule has 9 nitrogen and oxygen atoms in total. The number of anilines is 2. The first-order chi connectivity index (χ1) is 18.5. The molecule has 39 heavy (non-hydrogen) atoms. The second-order valence-electron chi connectivity index (χ2n) is 10.6. The summed E-state index contributed by atoms with van der Waals surface area (Å²) >= 11 is 0. The number of likely N-dealkylation sites (N-methyl/N-ethyl adjacent to an activating group) is 1. The van der Waals surface area contributed by atoms with E-state index in [1.165, 1.54) is 11.9 Å². The zero-order valence-corrected chi connectivity index (χ0v) is 23.3. The average Bonchev–Trinajstić information content (AvgIpc) is 3.03. The summed E-state index contributed by atoms with van der Waals surface area (Å²) in [4.78, 5) is 42.6. The molecule has 1 heterocycles. The number of para-hydroxylation sites is 2. The fourth-order valence-corrected chi connectivity index (χ4v) is 4.53. The van der Waals surface area contributed by atoms with Gasteiger partial charge in [-0.05, 0) is 56.7 Å². The predicted molar refractivity (Wildman–Crippen MR) is 152 cm³/mol. The quantitative estimate of drug-likeness (QED) is 0.483. The molecule has 2 unspecified atom stereocenters.